The number of carbonyl (C=O) groups is 1. The molecule has 1 atom stereocenters. The zero-order chi connectivity index (χ0) is 22.2. The number of H-pyrrole nitrogens is 1. The van der Waals surface area contributed by atoms with Gasteiger partial charge in [0.05, 0.1) is 22.8 Å². The summed E-state index contributed by atoms with van der Waals surface area (Å²) >= 11 is 0. The molecule has 1 aliphatic heterocycles. The van der Waals surface area contributed by atoms with Crippen LogP contribution in [0.4, 0.5) is 16.4 Å². The number of anilines is 2. The van der Waals surface area contributed by atoms with E-state index in [9.17, 15) is 13.2 Å². The molecule has 164 valence electrons. The maximum atomic E-state index is 12.8. The van der Waals surface area contributed by atoms with Gasteiger partial charge in [0.25, 0.3) is 0 Å². The smallest absolute Gasteiger partial charge is 0.413 e. The summed E-state index contributed by atoms with van der Waals surface area (Å²) in [5.74, 6) is 0.150. The molecule has 0 aliphatic carbocycles. The number of ether oxygens (including phenoxy) is 1. The lowest BCUT2D eigenvalue weighted by Crippen LogP contribution is -2.24. The molecular formula is C20H22N4O6S. The standard InChI is InChI=1S/C20H22N4O6S/c1-24(20(25)26)19-22-16-6-5-14(11-17(16)23-19)30-31(27,28)18-7-4-12(10-15(18)21)9-13-3-2-8-29-13/h4-7,10-11,13H,2-3,8-9,21H2,1H3,(H,22,23)(H,25,26). The van der Waals surface area contributed by atoms with E-state index in [2.05, 4.69) is 9.97 Å². The number of imidazole rings is 1. The molecule has 1 aromatic heterocycles. The van der Waals surface area contributed by atoms with Crippen molar-refractivity contribution < 1.29 is 27.2 Å². The van der Waals surface area contributed by atoms with Gasteiger partial charge < -0.3 is 24.7 Å². The number of benzene rings is 2. The Labute approximate surface area is 178 Å². The van der Waals surface area contributed by atoms with E-state index in [1.54, 1.807) is 12.1 Å². The first-order chi connectivity index (χ1) is 14.7. The maximum Gasteiger partial charge on any atom is 0.413 e. The number of nitrogen functional groups attached to an aromatic ring is 1. The van der Waals surface area contributed by atoms with Crippen LogP contribution in [-0.2, 0) is 21.3 Å². The van der Waals surface area contributed by atoms with Crippen LogP contribution in [0.3, 0.4) is 0 Å². The molecule has 0 radical (unpaired) electrons. The van der Waals surface area contributed by atoms with Gasteiger partial charge in [-0.2, -0.15) is 8.42 Å². The Morgan fingerprint density at radius 2 is 2.16 bits per heavy atom. The molecule has 31 heavy (non-hydrogen) atoms. The van der Waals surface area contributed by atoms with Crippen LogP contribution in [0.5, 0.6) is 5.75 Å². The fraction of sp³-hybridized carbons (Fsp3) is 0.300. The molecule has 10 nitrogen and oxygen atoms in total. The Balaban J connectivity index is 1.55. The minimum absolute atomic E-state index is 0.0449. The molecule has 0 bridgehead atoms. The zero-order valence-electron chi connectivity index (χ0n) is 16.7. The fourth-order valence-corrected chi connectivity index (χ4v) is 4.50. The molecule has 3 aromatic rings. The zero-order valence-corrected chi connectivity index (χ0v) is 17.6. The Bertz CT molecular complexity index is 1230. The monoisotopic (exact) mass is 446 g/mol. The Kier molecular flexibility index (Phi) is 5.46. The van der Waals surface area contributed by atoms with Crippen LogP contribution in [0.25, 0.3) is 11.0 Å². The van der Waals surface area contributed by atoms with Crippen LogP contribution in [0.2, 0.25) is 0 Å². The van der Waals surface area contributed by atoms with E-state index in [-0.39, 0.29) is 28.4 Å². The van der Waals surface area contributed by atoms with Gasteiger partial charge in [0, 0.05) is 19.7 Å². The molecule has 0 spiro atoms. The number of nitrogens with one attached hydrogen (secondary N) is 1. The Morgan fingerprint density at radius 3 is 2.84 bits per heavy atom. The SMILES string of the molecule is CN(C(=O)O)c1nc2ccc(OS(=O)(=O)c3ccc(CC4CCCO4)cc3N)cc2[nH]1. The van der Waals surface area contributed by atoms with Crippen LogP contribution in [-0.4, -0.2) is 49.3 Å². The highest BCUT2D eigenvalue weighted by Crippen LogP contribution is 2.28. The van der Waals surface area contributed by atoms with Crippen molar-refractivity contribution in [1.29, 1.82) is 0 Å². The molecular weight excluding hydrogens is 424 g/mol. The number of fused-ring (bicyclic) bond motifs is 1. The maximum absolute atomic E-state index is 12.8. The van der Waals surface area contributed by atoms with Crippen molar-refractivity contribution in [2.24, 2.45) is 0 Å². The summed E-state index contributed by atoms with van der Waals surface area (Å²) in [4.78, 5) is 18.8. The van der Waals surface area contributed by atoms with Gasteiger partial charge in [-0.25, -0.2) is 9.78 Å². The summed E-state index contributed by atoms with van der Waals surface area (Å²) in [7, 11) is -2.83. The molecule has 1 saturated heterocycles. The first kappa shape index (κ1) is 20.9. The van der Waals surface area contributed by atoms with Crippen molar-refractivity contribution in [2.45, 2.75) is 30.3 Å². The van der Waals surface area contributed by atoms with E-state index in [4.69, 9.17) is 19.8 Å². The normalized spacial score (nSPS) is 16.5. The van der Waals surface area contributed by atoms with E-state index in [0.717, 1.165) is 29.9 Å². The third kappa shape index (κ3) is 4.42. The molecule has 0 saturated carbocycles. The van der Waals surface area contributed by atoms with Gasteiger partial charge in [0.1, 0.15) is 10.6 Å². The summed E-state index contributed by atoms with van der Waals surface area (Å²) < 4.78 is 36.4. The molecule has 11 heteroatoms. The van der Waals surface area contributed by atoms with Gasteiger partial charge in [-0.3, -0.25) is 4.90 Å². The number of aromatic amines is 1. The van der Waals surface area contributed by atoms with E-state index >= 15 is 0 Å². The summed E-state index contributed by atoms with van der Waals surface area (Å²) in [5, 5.41) is 9.06. The number of nitrogens with two attached hydrogens (primary N) is 1. The average Bonchev–Trinajstić information content (AvgIpc) is 3.36. The predicted molar refractivity (Wildman–Crippen MR) is 114 cm³/mol. The van der Waals surface area contributed by atoms with Crippen molar-refractivity contribution in [3.8, 4) is 5.75 Å². The third-order valence-corrected chi connectivity index (χ3v) is 6.40. The number of amides is 1. The number of hydrogen-bond donors (Lipinski definition) is 3. The first-order valence-electron chi connectivity index (χ1n) is 9.64. The van der Waals surface area contributed by atoms with Gasteiger partial charge >= 0.3 is 16.2 Å². The molecule has 4 rings (SSSR count). The Morgan fingerprint density at radius 1 is 1.35 bits per heavy atom. The number of hydrogen-bond acceptors (Lipinski definition) is 7. The van der Waals surface area contributed by atoms with E-state index < -0.39 is 16.2 Å². The average molecular weight is 446 g/mol. The molecule has 1 aliphatic rings. The van der Waals surface area contributed by atoms with Crippen LogP contribution < -0.4 is 14.8 Å². The van der Waals surface area contributed by atoms with Gasteiger partial charge in [-0.15, -0.1) is 0 Å². The second-order valence-electron chi connectivity index (χ2n) is 7.33. The number of aromatic nitrogens is 2. The lowest BCUT2D eigenvalue weighted by atomic mass is 10.1. The van der Waals surface area contributed by atoms with Gasteiger partial charge in [-0.05, 0) is 49.1 Å². The highest BCUT2D eigenvalue weighted by atomic mass is 32.2. The topological polar surface area (TPSA) is 148 Å². The molecule has 1 unspecified atom stereocenters. The molecule has 1 amide bonds. The number of carboxylic acid groups (broad SMARTS) is 1. The Hall–Kier alpha value is -3.31. The van der Waals surface area contributed by atoms with Crippen molar-refractivity contribution in [2.75, 3.05) is 24.3 Å². The lowest BCUT2D eigenvalue weighted by molar-refractivity contribution is 0.111. The van der Waals surface area contributed by atoms with Crippen molar-refractivity contribution in [3.05, 3.63) is 42.0 Å². The van der Waals surface area contributed by atoms with Crippen molar-refractivity contribution >= 4 is 38.9 Å². The van der Waals surface area contributed by atoms with Crippen molar-refractivity contribution in [3.63, 3.8) is 0 Å². The largest absolute Gasteiger partial charge is 0.465 e. The minimum Gasteiger partial charge on any atom is -0.465 e. The predicted octanol–water partition coefficient (Wildman–Crippen LogP) is 2.75. The van der Waals surface area contributed by atoms with Gasteiger partial charge in [0.2, 0.25) is 5.95 Å². The highest BCUT2D eigenvalue weighted by Gasteiger charge is 2.22. The van der Waals surface area contributed by atoms with Crippen molar-refractivity contribution in [1.82, 2.24) is 9.97 Å². The summed E-state index contributed by atoms with van der Waals surface area (Å²) in [6, 6.07) is 9.17. The second kappa shape index (κ2) is 8.08. The van der Waals surface area contributed by atoms with Crippen LogP contribution >= 0.6 is 0 Å². The van der Waals surface area contributed by atoms with E-state index in [0.29, 0.717) is 17.5 Å². The van der Waals surface area contributed by atoms with Crippen LogP contribution in [0, 0.1) is 0 Å². The van der Waals surface area contributed by atoms with E-state index in [1.807, 2.05) is 0 Å². The quantitative estimate of drug-likeness (QED) is 0.387. The summed E-state index contributed by atoms with van der Waals surface area (Å²) in [6.07, 6.45) is 1.62. The molecule has 2 aromatic carbocycles. The van der Waals surface area contributed by atoms with E-state index in [1.165, 1.54) is 31.3 Å². The highest BCUT2D eigenvalue weighted by molar-refractivity contribution is 7.87. The summed E-state index contributed by atoms with van der Waals surface area (Å²) in [6.45, 7) is 0.745. The molecule has 2 heterocycles. The number of nitrogens with zero attached hydrogens (tertiary/aromatic N) is 2. The van der Waals surface area contributed by atoms with Crippen LogP contribution in [0.15, 0.2) is 41.3 Å². The summed E-state index contributed by atoms with van der Waals surface area (Å²) in [5.41, 5.74) is 7.90. The van der Waals surface area contributed by atoms with Gasteiger partial charge in [0.15, 0.2) is 0 Å². The molecule has 1 fully saturated rings. The lowest BCUT2D eigenvalue weighted by Gasteiger charge is -2.13. The second-order valence-corrected chi connectivity index (χ2v) is 8.84. The number of rotatable bonds is 6. The third-order valence-electron chi connectivity index (χ3n) is 5.08. The van der Waals surface area contributed by atoms with Gasteiger partial charge in [-0.1, -0.05) is 6.07 Å². The molecule has 4 N–H and O–H groups in total. The first-order valence-corrected chi connectivity index (χ1v) is 11.0. The minimum atomic E-state index is -4.17. The fourth-order valence-electron chi connectivity index (χ4n) is 3.47. The van der Waals surface area contributed by atoms with Crippen LogP contribution in [0.1, 0.15) is 18.4 Å².